The Labute approximate surface area is 111 Å². The van der Waals surface area contributed by atoms with E-state index in [1.165, 1.54) is 11.6 Å². The second-order valence-corrected chi connectivity index (χ2v) is 4.30. The van der Waals surface area contributed by atoms with Crippen LogP contribution >= 0.6 is 0 Å². The van der Waals surface area contributed by atoms with E-state index in [9.17, 15) is 8.78 Å². The van der Waals surface area contributed by atoms with Crippen LogP contribution in [0.15, 0.2) is 36.4 Å². The molecule has 0 aliphatic heterocycles. The second-order valence-electron chi connectivity index (χ2n) is 4.30. The first-order valence-electron chi connectivity index (χ1n) is 6.17. The summed E-state index contributed by atoms with van der Waals surface area (Å²) in [7, 11) is 0. The predicted molar refractivity (Wildman–Crippen MR) is 73.9 cm³/mol. The van der Waals surface area contributed by atoms with Gasteiger partial charge in [-0.25, -0.2) is 8.78 Å². The van der Waals surface area contributed by atoms with Crippen molar-refractivity contribution in [3.8, 4) is 0 Å². The number of nitrogen functional groups attached to an aromatic ring is 1. The zero-order valence-corrected chi connectivity index (χ0v) is 10.7. The van der Waals surface area contributed by atoms with Crippen LogP contribution in [0, 0.1) is 11.6 Å². The van der Waals surface area contributed by atoms with Gasteiger partial charge in [0.2, 0.25) is 0 Å². The number of nitrogens with one attached hydrogen (secondary N) is 1. The second kappa shape index (κ2) is 5.69. The molecule has 0 saturated heterocycles. The van der Waals surface area contributed by atoms with E-state index < -0.39 is 11.6 Å². The quantitative estimate of drug-likeness (QED) is 0.824. The Morgan fingerprint density at radius 3 is 2.42 bits per heavy atom. The normalized spacial score (nSPS) is 10.5. The Bertz CT molecular complexity index is 582. The molecule has 0 unspecified atom stereocenters. The summed E-state index contributed by atoms with van der Waals surface area (Å²) < 4.78 is 26.8. The molecule has 4 heteroatoms. The lowest BCUT2D eigenvalue weighted by molar-refractivity contribution is 0.511. The first kappa shape index (κ1) is 13.3. The highest BCUT2D eigenvalue weighted by Gasteiger charge is 2.11. The highest BCUT2D eigenvalue weighted by atomic mass is 19.2. The van der Waals surface area contributed by atoms with E-state index in [2.05, 4.69) is 12.2 Å². The molecular formula is C15H16F2N2. The van der Waals surface area contributed by atoms with Crippen molar-refractivity contribution in [2.75, 3.05) is 11.1 Å². The van der Waals surface area contributed by atoms with E-state index in [0.29, 0.717) is 6.54 Å². The molecule has 3 N–H and O–H groups in total. The van der Waals surface area contributed by atoms with Crippen LogP contribution in [-0.2, 0) is 13.0 Å². The summed E-state index contributed by atoms with van der Waals surface area (Å²) in [6.07, 6.45) is 0.888. The molecule has 2 aromatic rings. The van der Waals surface area contributed by atoms with Crippen molar-refractivity contribution in [2.45, 2.75) is 19.9 Å². The molecular weight excluding hydrogens is 246 g/mol. The minimum Gasteiger partial charge on any atom is -0.397 e. The van der Waals surface area contributed by atoms with Crippen LogP contribution in [-0.4, -0.2) is 0 Å². The molecule has 0 aromatic heterocycles. The minimum absolute atomic E-state index is 0.0194. The molecule has 0 bridgehead atoms. The maximum absolute atomic E-state index is 13.6. The molecule has 0 saturated carbocycles. The van der Waals surface area contributed by atoms with Gasteiger partial charge in [0.15, 0.2) is 11.6 Å². The molecule has 0 aliphatic rings. The standard InChI is InChI=1S/C15H16F2N2/c1-2-10-5-3-4-6-11(10)9-19-15-13(18)8-7-12(16)14(15)17/h3-8,19H,2,9,18H2,1H3. The van der Waals surface area contributed by atoms with E-state index in [0.717, 1.165) is 18.1 Å². The molecule has 0 heterocycles. The van der Waals surface area contributed by atoms with Crippen molar-refractivity contribution in [1.29, 1.82) is 0 Å². The molecule has 100 valence electrons. The van der Waals surface area contributed by atoms with Gasteiger partial charge in [0.05, 0.1) is 11.4 Å². The highest BCUT2D eigenvalue weighted by molar-refractivity contribution is 5.67. The lowest BCUT2D eigenvalue weighted by atomic mass is 10.1. The first-order chi connectivity index (χ1) is 9.13. The van der Waals surface area contributed by atoms with Crippen LogP contribution in [0.3, 0.4) is 0 Å². The summed E-state index contributed by atoms with van der Waals surface area (Å²) in [5, 5.41) is 2.87. The largest absolute Gasteiger partial charge is 0.397 e. The summed E-state index contributed by atoms with van der Waals surface area (Å²) in [6.45, 7) is 2.46. The van der Waals surface area contributed by atoms with Crippen molar-refractivity contribution in [3.63, 3.8) is 0 Å². The highest BCUT2D eigenvalue weighted by Crippen LogP contribution is 2.25. The van der Waals surface area contributed by atoms with Crippen molar-refractivity contribution in [2.24, 2.45) is 0 Å². The van der Waals surface area contributed by atoms with Gasteiger partial charge >= 0.3 is 0 Å². The molecule has 2 nitrogen and oxygen atoms in total. The molecule has 0 aliphatic carbocycles. The van der Waals surface area contributed by atoms with Crippen LogP contribution in [0.1, 0.15) is 18.1 Å². The van der Waals surface area contributed by atoms with E-state index >= 15 is 0 Å². The molecule has 2 rings (SSSR count). The van der Waals surface area contributed by atoms with E-state index in [1.54, 1.807) is 0 Å². The first-order valence-corrected chi connectivity index (χ1v) is 6.17. The Hall–Kier alpha value is -2.10. The third-order valence-electron chi connectivity index (χ3n) is 3.08. The fourth-order valence-electron chi connectivity index (χ4n) is 2.00. The summed E-state index contributed by atoms with van der Waals surface area (Å²) >= 11 is 0. The van der Waals surface area contributed by atoms with Crippen LogP contribution in [0.2, 0.25) is 0 Å². The number of rotatable bonds is 4. The third-order valence-corrected chi connectivity index (χ3v) is 3.08. The Kier molecular flexibility index (Phi) is 4.00. The van der Waals surface area contributed by atoms with Crippen LogP contribution < -0.4 is 11.1 Å². The van der Waals surface area contributed by atoms with Gasteiger partial charge in [0.1, 0.15) is 0 Å². The zero-order chi connectivity index (χ0) is 13.8. The van der Waals surface area contributed by atoms with Gasteiger partial charge in [-0.1, -0.05) is 31.2 Å². The summed E-state index contributed by atoms with van der Waals surface area (Å²) in [5.41, 5.74) is 8.10. The monoisotopic (exact) mass is 262 g/mol. The van der Waals surface area contributed by atoms with Gasteiger partial charge in [-0.05, 0) is 29.7 Å². The molecule has 0 amide bonds. The van der Waals surface area contributed by atoms with Gasteiger partial charge in [0.25, 0.3) is 0 Å². The summed E-state index contributed by atoms with van der Waals surface area (Å²) in [4.78, 5) is 0. The number of anilines is 2. The van der Waals surface area contributed by atoms with Gasteiger partial charge in [-0.15, -0.1) is 0 Å². The molecule has 2 aromatic carbocycles. The zero-order valence-electron chi connectivity index (χ0n) is 10.7. The van der Waals surface area contributed by atoms with Crippen LogP contribution in [0.25, 0.3) is 0 Å². The minimum atomic E-state index is -0.936. The number of nitrogens with two attached hydrogens (primary N) is 1. The van der Waals surface area contributed by atoms with Crippen molar-refractivity contribution in [3.05, 3.63) is 59.2 Å². The number of halogens is 2. The maximum Gasteiger partial charge on any atom is 0.183 e. The molecule has 19 heavy (non-hydrogen) atoms. The Morgan fingerprint density at radius 1 is 1.05 bits per heavy atom. The number of benzene rings is 2. The lowest BCUT2D eigenvalue weighted by Gasteiger charge is -2.13. The summed E-state index contributed by atoms with van der Waals surface area (Å²) in [6, 6.07) is 10.2. The van der Waals surface area contributed by atoms with Crippen LogP contribution in [0.5, 0.6) is 0 Å². The van der Waals surface area contributed by atoms with Crippen molar-refractivity contribution >= 4 is 11.4 Å². The van der Waals surface area contributed by atoms with Crippen molar-refractivity contribution in [1.82, 2.24) is 0 Å². The van der Waals surface area contributed by atoms with Gasteiger partial charge < -0.3 is 11.1 Å². The lowest BCUT2D eigenvalue weighted by Crippen LogP contribution is -2.07. The predicted octanol–water partition coefficient (Wildman–Crippen LogP) is 3.72. The average molecular weight is 262 g/mol. The van der Waals surface area contributed by atoms with Gasteiger partial charge in [-0.3, -0.25) is 0 Å². The molecule has 0 fully saturated rings. The van der Waals surface area contributed by atoms with E-state index in [4.69, 9.17) is 5.73 Å². The van der Waals surface area contributed by atoms with Crippen LogP contribution in [0.4, 0.5) is 20.2 Å². The average Bonchev–Trinajstić information content (AvgIpc) is 2.43. The Balaban J connectivity index is 2.21. The third kappa shape index (κ3) is 2.84. The van der Waals surface area contributed by atoms with Gasteiger partial charge in [0, 0.05) is 6.54 Å². The van der Waals surface area contributed by atoms with E-state index in [-0.39, 0.29) is 11.4 Å². The topological polar surface area (TPSA) is 38.0 Å². The number of aryl methyl sites for hydroxylation is 1. The fourth-order valence-corrected chi connectivity index (χ4v) is 2.00. The molecule has 0 spiro atoms. The number of hydrogen-bond donors (Lipinski definition) is 2. The number of hydrogen-bond acceptors (Lipinski definition) is 2. The smallest absolute Gasteiger partial charge is 0.183 e. The fraction of sp³-hybridized carbons (Fsp3) is 0.200. The maximum atomic E-state index is 13.6. The SMILES string of the molecule is CCc1ccccc1CNc1c(N)ccc(F)c1F. The molecule has 0 atom stereocenters. The Morgan fingerprint density at radius 2 is 1.74 bits per heavy atom. The van der Waals surface area contributed by atoms with E-state index in [1.807, 2.05) is 24.3 Å². The summed E-state index contributed by atoms with van der Waals surface area (Å²) in [5.74, 6) is -1.84. The molecule has 0 radical (unpaired) electrons. The van der Waals surface area contributed by atoms with Crippen molar-refractivity contribution < 1.29 is 8.78 Å². The van der Waals surface area contributed by atoms with Gasteiger partial charge in [-0.2, -0.15) is 0 Å².